The molecule has 3 heteroatoms. The van der Waals surface area contributed by atoms with Crippen molar-refractivity contribution in [3.8, 4) is 0 Å². The first kappa shape index (κ1) is 15.1. The zero-order chi connectivity index (χ0) is 15.2. The molecule has 0 aliphatic carbocycles. The fourth-order valence-electron chi connectivity index (χ4n) is 2.39. The largest absolute Gasteiger partial charge is 0.376 e. The molecule has 1 amide bonds. The Bertz CT molecular complexity index is 608. The summed E-state index contributed by atoms with van der Waals surface area (Å²) in [5.74, 6) is 0.0728. The zero-order valence-corrected chi connectivity index (χ0v) is 12.9. The van der Waals surface area contributed by atoms with E-state index in [4.69, 9.17) is 0 Å². The van der Waals surface area contributed by atoms with Gasteiger partial charge in [-0.2, -0.15) is 0 Å². The second kappa shape index (κ2) is 6.93. The number of hydrogen-bond acceptors (Lipinski definition) is 2. The Morgan fingerprint density at radius 2 is 1.81 bits per heavy atom. The quantitative estimate of drug-likeness (QED) is 0.905. The summed E-state index contributed by atoms with van der Waals surface area (Å²) in [6.07, 6.45) is 0. The minimum absolute atomic E-state index is 0.0728. The van der Waals surface area contributed by atoms with Crippen molar-refractivity contribution in [2.45, 2.75) is 20.8 Å². The monoisotopic (exact) mass is 282 g/mol. The van der Waals surface area contributed by atoms with Crippen molar-refractivity contribution in [2.24, 2.45) is 0 Å². The highest BCUT2D eigenvalue weighted by molar-refractivity contribution is 5.96. The highest BCUT2D eigenvalue weighted by Crippen LogP contribution is 2.17. The molecule has 0 saturated heterocycles. The number of aryl methyl sites for hydroxylation is 2. The highest BCUT2D eigenvalue weighted by atomic mass is 16.2. The number of nitrogens with one attached hydrogen (secondary N) is 1. The number of anilines is 2. The molecule has 0 saturated carbocycles. The van der Waals surface area contributed by atoms with Crippen LogP contribution in [-0.4, -0.2) is 19.0 Å². The molecule has 1 N–H and O–H groups in total. The molecular weight excluding hydrogens is 260 g/mol. The average Bonchev–Trinajstić information content (AvgIpc) is 2.48. The first-order valence-corrected chi connectivity index (χ1v) is 7.28. The van der Waals surface area contributed by atoms with E-state index in [1.807, 2.05) is 43.3 Å². The van der Waals surface area contributed by atoms with Gasteiger partial charge in [-0.3, -0.25) is 4.79 Å². The second-order valence-electron chi connectivity index (χ2n) is 5.15. The molecule has 0 unspecified atom stereocenters. The van der Waals surface area contributed by atoms with Gasteiger partial charge in [-0.15, -0.1) is 0 Å². The number of hydrogen-bond donors (Lipinski definition) is 1. The van der Waals surface area contributed by atoms with Gasteiger partial charge in [-0.25, -0.2) is 0 Å². The Morgan fingerprint density at radius 1 is 1.10 bits per heavy atom. The van der Waals surface area contributed by atoms with Gasteiger partial charge in [-0.1, -0.05) is 35.9 Å². The van der Waals surface area contributed by atoms with Crippen LogP contribution < -0.4 is 10.2 Å². The summed E-state index contributed by atoms with van der Waals surface area (Å²) in [5.41, 5.74) is 4.33. The predicted molar refractivity (Wildman–Crippen MR) is 88.9 cm³/mol. The smallest absolute Gasteiger partial charge is 0.246 e. The van der Waals surface area contributed by atoms with Crippen molar-refractivity contribution in [3.63, 3.8) is 0 Å². The van der Waals surface area contributed by atoms with Crippen molar-refractivity contribution >= 4 is 17.3 Å². The maximum Gasteiger partial charge on any atom is 0.246 e. The van der Waals surface area contributed by atoms with Gasteiger partial charge in [0.25, 0.3) is 0 Å². The SMILES string of the molecule is CCN(C(=O)CNc1ccc(C)cc1C)c1ccccc1. The van der Waals surface area contributed by atoms with Crippen molar-refractivity contribution in [2.75, 3.05) is 23.3 Å². The fraction of sp³-hybridized carbons (Fsp3) is 0.278. The minimum Gasteiger partial charge on any atom is -0.376 e. The number of nitrogens with zero attached hydrogens (tertiary/aromatic N) is 1. The van der Waals surface area contributed by atoms with Gasteiger partial charge in [0, 0.05) is 17.9 Å². The van der Waals surface area contributed by atoms with Gasteiger partial charge >= 0.3 is 0 Å². The van der Waals surface area contributed by atoms with Gasteiger partial charge in [0.15, 0.2) is 0 Å². The van der Waals surface area contributed by atoms with E-state index in [9.17, 15) is 4.79 Å². The lowest BCUT2D eigenvalue weighted by Crippen LogP contribution is -2.35. The number of para-hydroxylation sites is 1. The Hall–Kier alpha value is -2.29. The molecule has 0 aromatic heterocycles. The normalized spacial score (nSPS) is 10.2. The lowest BCUT2D eigenvalue weighted by Gasteiger charge is -2.21. The van der Waals surface area contributed by atoms with Gasteiger partial charge in [-0.05, 0) is 44.5 Å². The Balaban J connectivity index is 2.03. The minimum atomic E-state index is 0.0728. The van der Waals surface area contributed by atoms with E-state index in [1.54, 1.807) is 4.90 Å². The highest BCUT2D eigenvalue weighted by Gasteiger charge is 2.13. The van der Waals surface area contributed by atoms with E-state index < -0.39 is 0 Å². The topological polar surface area (TPSA) is 32.3 Å². The van der Waals surface area contributed by atoms with Crippen LogP contribution in [0.25, 0.3) is 0 Å². The molecule has 2 aromatic rings. The molecule has 0 atom stereocenters. The van der Waals surface area contributed by atoms with E-state index >= 15 is 0 Å². The van der Waals surface area contributed by atoms with Crippen LogP contribution in [0.2, 0.25) is 0 Å². The van der Waals surface area contributed by atoms with E-state index in [2.05, 4.69) is 31.3 Å². The first-order chi connectivity index (χ1) is 10.1. The molecule has 0 radical (unpaired) electrons. The first-order valence-electron chi connectivity index (χ1n) is 7.28. The molecule has 0 aliphatic rings. The Labute approximate surface area is 126 Å². The van der Waals surface area contributed by atoms with Gasteiger partial charge in [0.05, 0.1) is 6.54 Å². The van der Waals surface area contributed by atoms with Crippen molar-refractivity contribution in [3.05, 3.63) is 59.7 Å². The lowest BCUT2D eigenvalue weighted by atomic mass is 10.1. The van der Waals surface area contributed by atoms with Gasteiger partial charge in [0.1, 0.15) is 0 Å². The van der Waals surface area contributed by atoms with Crippen LogP contribution >= 0.6 is 0 Å². The fourth-order valence-corrected chi connectivity index (χ4v) is 2.39. The van der Waals surface area contributed by atoms with Crippen LogP contribution in [-0.2, 0) is 4.79 Å². The number of benzene rings is 2. The van der Waals surface area contributed by atoms with E-state index in [-0.39, 0.29) is 5.91 Å². The van der Waals surface area contributed by atoms with Crippen LogP contribution in [0.1, 0.15) is 18.1 Å². The van der Waals surface area contributed by atoms with Crippen LogP contribution in [0.5, 0.6) is 0 Å². The van der Waals surface area contributed by atoms with Crippen LogP contribution in [0.4, 0.5) is 11.4 Å². The third-order valence-electron chi connectivity index (χ3n) is 3.50. The molecular formula is C18H22N2O. The number of likely N-dealkylation sites (N-methyl/N-ethyl adjacent to an activating group) is 1. The van der Waals surface area contributed by atoms with Crippen molar-refractivity contribution < 1.29 is 4.79 Å². The van der Waals surface area contributed by atoms with Crippen molar-refractivity contribution in [1.29, 1.82) is 0 Å². The zero-order valence-electron chi connectivity index (χ0n) is 12.9. The average molecular weight is 282 g/mol. The molecule has 2 rings (SSSR count). The van der Waals surface area contributed by atoms with E-state index in [0.29, 0.717) is 13.1 Å². The summed E-state index contributed by atoms with van der Waals surface area (Å²) in [4.78, 5) is 14.2. The molecule has 3 nitrogen and oxygen atoms in total. The second-order valence-corrected chi connectivity index (χ2v) is 5.15. The summed E-state index contributed by atoms with van der Waals surface area (Å²) < 4.78 is 0. The van der Waals surface area contributed by atoms with Gasteiger partial charge in [0.2, 0.25) is 5.91 Å². The number of carbonyl (C=O) groups excluding carboxylic acids is 1. The predicted octanol–water partition coefficient (Wildman–Crippen LogP) is 3.77. The Kier molecular flexibility index (Phi) is 4.99. The lowest BCUT2D eigenvalue weighted by molar-refractivity contribution is -0.116. The summed E-state index contributed by atoms with van der Waals surface area (Å²) in [6, 6.07) is 15.9. The summed E-state index contributed by atoms with van der Waals surface area (Å²) in [6.45, 7) is 7.07. The third kappa shape index (κ3) is 3.85. The standard InChI is InChI=1S/C18H22N2O/c1-4-20(16-8-6-5-7-9-16)18(21)13-19-17-11-10-14(2)12-15(17)3/h5-12,19H,4,13H2,1-3H3. The third-order valence-corrected chi connectivity index (χ3v) is 3.50. The van der Waals surface area contributed by atoms with Crippen molar-refractivity contribution in [1.82, 2.24) is 0 Å². The number of amides is 1. The van der Waals surface area contributed by atoms with Crippen LogP contribution in [0.3, 0.4) is 0 Å². The Morgan fingerprint density at radius 3 is 2.43 bits per heavy atom. The molecule has 0 aliphatic heterocycles. The molecule has 21 heavy (non-hydrogen) atoms. The summed E-state index contributed by atoms with van der Waals surface area (Å²) >= 11 is 0. The molecule has 0 fully saturated rings. The molecule has 0 spiro atoms. The molecule has 0 bridgehead atoms. The maximum absolute atomic E-state index is 12.4. The van der Waals surface area contributed by atoms with Gasteiger partial charge < -0.3 is 10.2 Å². The van der Waals surface area contributed by atoms with Crippen LogP contribution in [0, 0.1) is 13.8 Å². The molecule has 110 valence electrons. The van der Waals surface area contributed by atoms with E-state index in [0.717, 1.165) is 16.9 Å². The summed E-state index contributed by atoms with van der Waals surface area (Å²) in [5, 5.41) is 3.23. The molecule has 2 aromatic carbocycles. The maximum atomic E-state index is 12.4. The number of carbonyl (C=O) groups is 1. The number of rotatable bonds is 5. The summed E-state index contributed by atoms with van der Waals surface area (Å²) in [7, 11) is 0. The van der Waals surface area contributed by atoms with E-state index in [1.165, 1.54) is 5.56 Å². The van der Waals surface area contributed by atoms with Crippen LogP contribution in [0.15, 0.2) is 48.5 Å². The molecule has 0 heterocycles.